The van der Waals surface area contributed by atoms with Gasteiger partial charge in [0.25, 0.3) is 0 Å². The van der Waals surface area contributed by atoms with Gasteiger partial charge in [-0.1, -0.05) is 0 Å². The van der Waals surface area contributed by atoms with E-state index in [0.717, 1.165) is 6.42 Å². The molecule has 0 saturated carbocycles. The Labute approximate surface area is 96.1 Å². The first kappa shape index (κ1) is 13.0. The van der Waals surface area contributed by atoms with Crippen LogP contribution in [0.15, 0.2) is 0 Å². The molecule has 1 rings (SSSR count). The summed E-state index contributed by atoms with van der Waals surface area (Å²) in [4.78, 5) is 25.2. The summed E-state index contributed by atoms with van der Waals surface area (Å²) in [5.41, 5.74) is -0.795. The van der Waals surface area contributed by atoms with Crippen molar-refractivity contribution in [2.75, 3.05) is 20.3 Å². The maximum absolute atomic E-state index is 12.1. The number of ether oxygens (including phenoxy) is 1. The van der Waals surface area contributed by atoms with Crippen LogP contribution in [0.5, 0.6) is 0 Å². The summed E-state index contributed by atoms with van der Waals surface area (Å²) in [5.74, 6) is -0.135. The van der Waals surface area contributed by atoms with Crippen molar-refractivity contribution >= 4 is 11.8 Å². The molecule has 1 heterocycles. The lowest BCUT2D eigenvalue weighted by Crippen LogP contribution is -2.65. The van der Waals surface area contributed by atoms with Gasteiger partial charge in [-0.3, -0.25) is 9.59 Å². The first-order chi connectivity index (χ1) is 7.38. The van der Waals surface area contributed by atoms with Gasteiger partial charge in [-0.2, -0.15) is 0 Å². The van der Waals surface area contributed by atoms with Crippen LogP contribution in [0.25, 0.3) is 0 Å². The predicted molar refractivity (Wildman–Crippen MR) is 59.9 cm³/mol. The van der Waals surface area contributed by atoms with E-state index in [0.29, 0.717) is 6.61 Å². The van der Waals surface area contributed by atoms with E-state index in [4.69, 9.17) is 4.74 Å². The standard InChI is InChI=1S/C11H20N2O3/c1-8(5-6-16-4)13-7-9(14)12-11(2,3)10(13)15/h8H,5-7H2,1-4H3,(H,12,14). The lowest BCUT2D eigenvalue weighted by molar-refractivity contribution is -0.150. The molecule has 1 atom stereocenters. The molecule has 0 spiro atoms. The van der Waals surface area contributed by atoms with Crippen LogP contribution in [0.3, 0.4) is 0 Å². The highest BCUT2D eigenvalue weighted by Gasteiger charge is 2.40. The molecule has 5 heteroatoms. The number of methoxy groups -OCH3 is 1. The monoisotopic (exact) mass is 228 g/mol. The molecule has 2 amide bonds. The Kier molecular flexibility index (Phi) is 3.91. The molecule has 0 aromatic rings. The molecule has 1 N–H and O–H groups in total. The van der Waals surface area contributed by atoms with Crippen molar-refractivity contribution in [3.8, 4) is 0 Å². The second-order valence-electron chi connectivity index (χ2n) is 4.74. The topological polar surface area (TPSA) is 58.6 Å². The van der Waals surface area contributed by atoms with Gasteiger partial charge in [-0.15, -0.1) is 0 Å². The minimum Gasteiger partial charge on any atom is -0.385 e. The summed E-state index contributed by atoms with van der Waals surface area (Å²) >= 11 is 0. The summed E-state index contributed by atoms with van der Waals surface area (Å²) in [5, 5.41) is 2.68. The van der Waals surface area contributed by atoms with Crippen LogP contribution < -0.4 is 5.32 Å². The average Bonchev–Trinajstić information content (AvgIpc) is 2.19. The molecule has 16 heavy (non-hydrogen) atoms. The van der Waals surface area contributed by atoms with Crippen LogP contribution in [-0.2, 0) is 14.3 Å². The number of amides is 2. The van der Waals surface area contributed by atoms with E-state index in [-0.39, 0.29) is 24.4 Å². The predicted octanol–water partition coefficient (Wildman–Crippen LogP) is 0.148. The van der Waals surface area contributed by atoms with Gasteiger partial charge in [0.05, 0.1) is 6.54 Å². The van der Waals surface area contributed by atoms with Gasteiger partial charge in [0.1, 0.15) is 5.54 Å². The molecule has 1 fully saturated rings. The number of hydrogen-bond acceptors (Lipinski definition) is 3. The van der Waals surface area contributed by atoms with Gasteiger partial charge in [0, 0.05) is 19.8 Å². The van der Waals surface area contributed by atoms with Crippen molar-refractivity contribution in [1.82, 2.24) is 10.2 Å². The minimum atomic E-state index is -0.795. The zero-order valence-electron chi connectivity index (χ0n) is 10.4. The molecule has 0 radical (unpaired) electrons. The summed E-state index contributed by atoms with van der Waals surface area (Å²) < 4.78 is 4.98. The minimum absolute atomic E-state index is 0.0257. The quantitative estimate of drug-likeness (QED) is 0.745. The third-order valence-electron chi connectivity index (χ3n) is 2.83. The number of piperazine rings is 1. The largest absolute Gasteiger partial charge is 0.385 e. The van der Waals surface area contributed by atoms with Crippen LogP contribution in [0.2, 0.25) is 0 Å². The lowest BCUT2D eigenvalue weighted by atomic mass is 9.98. The molecule has 1 aliphatic heterocycles. The Balaban J connectivity index is 2.71. The zero-order valence-corrected chi connectivity index (χ0v) is 10.4. The Morgan fingerprint density at radius 1 is 1.50 bits per heavy atom. The third-order valence-corrected chi connectivity index (χ3v) is 2.83. The number of carbonyl (C=O) groups is 2. The van der Waals surface area contributed by atoms with E-state index in [9.17, 15) is 9.59 Å². The molecular formula is C11H20N2O3. The third kappa shape index (κ3) is 2.72. The highest BCUT2D eigenvalue weighted by atomic mass is 16.5. The van der Waals surface area contributed by atoms with Crippen molar-refractivity contribution in [3.05, 3.63) is 0 Å². The Morgan fingerprint density at radius 2 is 2.12 bits per heavy atom. The first-order valence-electron chi connectivity index (χ1n) is 5.49. The number of rotatable bonds is 4. The molecule has 0 aromatic carbocycles. The molecule has 0 bridgehead atoms. The normalized spacial score (nSPS) is 21.9. The molecule has 92 valence electrons. The number of nitrogens with zero attached hydrogens (tertiary/aromatic N) is 1. The molecule has 0 aromatic heterocycles. The van der Waals surface area contributed by atoms with Gasteiger partial charge in [0.2, 0.25) is 11.8 Å². The van der Waals surface area contributed by atoms with Crippen molar-refractivity contribution in [3.63, 3.8) is 0 Å². The first-order valence-corrected chi connectivity index (χ1v) is 5.49. The second-order valence-corrected chi connectivity index (χ2v) is 4.74. The van der Waals surface area contributed by atoms with E-state index in [2.05, 4.69) is 5.32 Å². The van der Waals surface area contributed by atoms with Crippen molar-refractivity contribution in [2.45, 2.75) is 38.8 Å². The Bertz CT molecular complexity index is 289. The zero-order chi connectivity index (χ0) is 12.3. The fourth-order valence-electron chi connectivity index (χ4n) is 1.83. The van der Waals surface area contributed by atoms with Gasteiger partial charge in [-0.25, -0.2) is 0 Å². The SMILES string of the molecule is COCCC(C)N1CC(=O)NC(C)(C)C1=O. The van der Waals surface area contributed by atoms with Crippen LogP contribution in [-0.4, -0.2) is 48.6 Å². The van der Waals surface area contributed by atoms with Gasteiger partial charge in [-0.05, 0) is 27.2 Å². The van der Waals surface area contributed by atoms with Crippen LogP contribution >= 0.6 is 0 Å². The lowest BCUT2D eigenvalue weighted by Gasteiger charge is -2.40. The second kappa shape index (κ2) is 4.82. The van der Waals surface area contributed by atoms with Crippen LogP contribution in [0.4, 0.5) is 0 Å². The summed E-state index contributed by atoms with van der Waals surface area (Å²) in [6.07, 6.45) is 0.742. The maximum Gasteiger partial charge on any atom is 0.248 e. The van der Waals surface area contributed by atoms with Crippen LogP contribution in [0, 0.1) is 0 Å². The number of carbonyl (C=O) groups excluding carboxylic acids is 2. The fraction of sp³-hybridized carbons (Fsp3) is 0.818. The fourth-order valence-corrected chi connectivity index (χ4v) is 1.83. The van der Waals surface area contributed by atoms with E-state index in [1.807, 2.05) is 6.92 Å². The highest BCUT2D eigenvalue weighted by Crippen LogP contribution is 2.17. The maximum atomic E-state index is 12.1. The molecule has 1 saturated heterocycles. The van der Waals surface area contributed by atoms with Crippen molar-refractivity contribution in [1.29, 1.82) is 0 Å². The highest BCUT2D eigenvalue weighted by molar-refractivity contribution is 5.97. The van der Waals surface area contributed by atoms with Gasteiger partial charge < -0.3 is 15.0 Å². The van der Waals surface area contributed by atoms with E-state index in [1.54, 1.807) is 25.9 Å². The van der Waals surface area contributed by atoms with Crippen molar-refractivity contribution in [2.24, 2.45) is 0 Å². The van der Waals surface area contributed by atoms with E-state index >= 15 is 0 Å². The number of hydrogen-bond donors (Lipinski definition) is 1. The van der Waals surface area contributed by atoms with Crippen molar-refractivity contribution < 1.29 is 14.3 Å². The Morgan fingerprint density at radius 3 is 2.69 bits per heavy atom. The van der Waals surface area contributed by atoms with E-state index in [1.165, 1.54) is 0 Å². The molecule has 1 unspecified atom stereocenters. The average molecular weight is 228 g/mol. The van der Waals surface area contributed by atoms with Crippen LogP contribution in [0.1, 0.15) is 27.2 Å². The summed E-state index contributed by atoms with van der Waals surface area (Å²) in [6, 6.07) is 0.0257. The van der Waals surface area contributed by atoms with Gasteiger partial charge >= 0.3 is 0 Å². The van der Waals surface area contributed by atoms with Gasteiger partial charge in [0.15, 0.2) is 0 Å². The molecule has 5 nitrogen and oxygen atoms in total. The Hall–Kier alpha value is -1.10. The molecular weight excluding hydrogens is 208 g/mol. The smallest absolute Gasteiger partial charge is 0.248 e. The molecule has 1 aliphatic rings. The summed E-state index contributed by atoms with van der Waals surface area (Å²) in [6.45, 7) is 6.12. The number of nitrogens with one attached hydrogen (secondary N) is 1. The summed E-state index contributed by atoms with van der Waals surface area (Å²) in [7, 11) is 1.63. The van der Waals surface area contributed by atoms with E-state index < -0.39 is 5.54 Å². The molecule has 0 aliphatic carbocycles.